The Morgan fingerprint density at radius 1 is 1.45 bits per heavy atom. The summed E-state index contributed by atoms with van der Waals surface area (Å²) in [6, 6.07) is 0. The minimum atomic E-state index is -1.11. The van der Waals surface area contributed by atoms with Gasteiger partial charge in [0.25, 0.3) is 0 Å². The molecule has 2 heteroatoms. The molecule has 0 aliphatic carbocycles. The van der Waals surface area contributed by atoms with E-state index in [2.05, 4.69) is 31.1 Å². The average molecular weight is 168 g/mol. The highest BCUT2D eigenvalue weighted by Gasteiger charge is 2.20. The summed E-state index contributed by atoms with van der Waals surface area (Å²) in [7, 11) is -1.11. The first-order valence-electron chi connectivity index (χ1n) is 4.19. The van der Waals surface area contributed by atoms with Crippen molar-refractivity contribution >= 4 is 8.07 Å². The third-order valence-electron chi connectivity index (χ3n) is 1.46. The van der Waals surface area contributed by atoms with Crippen LogP contribution in [0, 0.1) is 11.5 Å². The van der Waals surface area contributed by atoms with Crippen LogP contribution in [0.15, 0.2) is 0 Å². The largest absolute Gasteiger partial charge is 0.373 e. The second-order valence-corrected chi connectivity index (χ2v) is 8.80. The third-order valence-corrected chi connectivity index (χ3v) is 2.38. The quantitative estimate of drug-likeness (QED) is 0.349. The molecule has 0 aromatic heterocycles. The fourth-order valence-electron chi connectivity index (χ4n) is 0.796. The Morgan fingerprint density at radius 2 is 2.09 bits per heavy atom. The molecule has 62 valence electrons. The van der Waals surface area contributed by atoms with Gasteiger partial charge in [0.1, 0.15) is 8.07 Å². The number of rotatable bonds is 2. The molecule has 0 spiro atoms. The van der Waals surface area contributed by atoms with Crippen molar-refractivity contribution in [3.8, 4) is 11.5 Å². The summed E-state index contributed by atoms with van der Waals surface area (Å²) < 4.78 is 5.08. The van der Waals surface area contributed by atoms with Crippen LogP contribution in [0.25, 0.3) is 0 Å². The van der Waals surface area contributed by atoms with Crippen molar-refractivity contribution in [2.75, 3.05) is 6.61 Å². The van der Waals surface area contributed by atoms with E-state index in [0.29, 0.717) is 6.10 Å². The van der Waals surface area contributed by atoms with Gasteiger partial charge in [-0.2, -0.15) is 0 Å². The van der Waals surface area contributed by atoms with Gasteiger partial charge in [0, 0.05) is 6.42 Å². The van der Waals surface area contributed by atoms with Crippen LogP contribution in [0.1, 0.15) is 12.8 Å². The van der Waals surface area contributed by atoms with E-state index in [4.69, 9.17) is 4.74 Å². The smallest absolute Gasteiger partial charge is 0.129 e. The number of hydrogen-bond donors (Lipinski definition) is 0. The average Bonchev–Trinajstić information content (AvgIpc) is 2.60. The van der Waals surface area contributed by atoms with E-state index in [0.717, 1.165) is 19.4 Å². The van der Waals surface area contributed by atoms with Crippen molar-refractivity contribution in [2.24, 2.45) is 0 Å². The van der Waals surface area contributed by atoms with Gasteiger partial charge in [-0.1, -0.05) is 19.6 Å². The molecule has 1 aliphatic heterocycles. The molecule has 1 aliphatic rings. The van der Waals surface area contributed by atoms with Gasteiger partial charge < -0.3 is 4.74 Å². The molecule has 0 aromatic carbocycles. The minimum absolute atomic E-state index is 0.547. The molecule has 1 fully saturated rings. The van der Waals surface area contributed by atoms with Crippen LogP contribution < -0.4 is 0 Å². The Kier molecular flexibility index (Phi) is 2.75. The van der Waals surface area contributed by atoms with Crippen LogP contribution in [-0.2, 0) is 4.74 Å². The van der Waals surface area contributed by atoms with Gasteiger partial charge in [0.2, 0.25) is 0 Å². The summed E-state index contributed by atoms with van der Waals surface area (Å²) in [6.45, 7) is 7.78. The summed E-state index contributed by atoms with van der Waals surface area (Å²) in [4.78, 5) is 0. The lowest BCUT2D eigenvalue weighted by molar-refractivity contribution is 0.399. The van der Waals surface area contributed by atoms with E-state index in [1.165, 1.54) is 0 Å². The molecule has 0 saturated carbocycles. The van der Waals surface area contributed by atoms with Gasteiger partial charge >= 0.3 is 0 Å². The van der Waals surface area contributed by atoms with E-state index in [9.17, 15) is 0 Å². The second kappa shape index (κ2) is 3.42. The van der Waals surface area contributed by atoms with Gasteiger partial charge in [-0.15, -0.1) is 11.5 Å². The predicted octanol–water partition coefficient (Wildman–Crippen LogP) is 2.05. The maximum absolute atomic E-state index is 5.08. The summed E-state index contributed by atoms with van der Waals surface area (Å²) in [5.74, 6) is 3.23. The van der Waals surface area contributed by atoms with Gasteiger partial charge in [-0.3, -0.25) is 0 Å². The maximum Gasteiger partial charge on any atom is 0.129 e. The van der Waals surface area contributed by atoms with Crippen LogP contribution in [0.2, 0.25) is 19.6 Å². The summed E-state index contributed by atoms with van der Waals surface area (Å²) in [5, 5.41) is 0. The summed E-state index contributed by atoms with van der Waals surface area (Å²) in [5.41, 5.74) is 3.34. The van der Waals surface area contributed by atoms with Gasteiger partial charge in [0.15, 0.2) is 0 Å². The first-order valence-corrected chi connectivity index (χ1v) is 7.69. The highest BCUT2D eigenvalue weighted by molar-refractivity contribution is 6.83. The van der Waals surface area contributed by atoms with Gasteiger partial charge in [-0.05, 0) is 6.42 Å². The van der Waals surface area contributed by atoms with Crippen molar-refractivity contribution in [3.05, 3.63) is 0 Å². The van der Waals surface area contributed by atoms with Crippen LogP contribution in [-0.4, -0.2) is 20.8 Å². The zero-order valence-corrected chi connectivity index (χ0v) is 8.61. The molecule has 0 radical (unpaired) electrons. The topological polar surface area (TPSA) is 12.5 Å². The molecular weight excluding hydrogens is 152 g/mol. The van der Waals surface area contributed by atoms with Gasteiger partial charge in [-0.25, -0.2) is 0 Å². The Hall–Kier alpha value is -0.263. The lowest BCUT2D eigenvalue weighted by Gasteiger charge is -2.02. The van der Waals surface area contributed by atoms with Crippen LogP contribution in [0.5, 0.6) is 0 Å². The van der Waals surface area contributed by atoms with Crippen LogP contribution in [0.4, 0.5) is 0 Å². The second-order valence-electron chi connectivity index (χ2n) is 4.05. The van der Waals surface area contributed by atoms with Crippen LogP contribution in [0.3, 0.4) is 0 Å². The Labute approximate surface area is 70.1 Å². The molecule has 0 bridgehead atoms. The molecule has 0 amide bonds. The fourth-order valence-corrected chi connectivity index (χ4v) is 1.45. The molecule has 1 heterocycles. The van der Waals surface area contributed by atoms with E-state index >= 15 is 0 Å². The lowest BCUT2D eigenvalue weighted by atomic mass is 10.3. The van der Waals surface area contributed by atoms with E-state index in [-0.39, 0.29) is 0 Å². The fraction of sp³-hybridized carbons (Fsp3) is 0.778. The molecule has 0 N–H and O–H groups in total. The Balaban J connectivity index is 2.11. The van der Waals surface area contributed by atoms with Crippen LogP contribution >= 0.6 is 0 Å². The zero-order valence-electron chi connectivity index (χ0n) is 7.61. The molecule has 1 saturated heterocycles. The van der Waals surface area contributed by atoms with Crippen molar-refractivity contribution in [2.45, 2.75) is 38.6 Å². The highest BCUT2D eigenvalue weighted by Crippen LogP contribution is 2.14. The first-order chi connectivity index (χ1) is 5.08. The van der Waals surface area contributed by atoms with E-state index in [1.807, 2.05) is 0 Å². The van der Waals surface area contributed by atoms with Crippen molar-refractivity contribution in [1.82, 2.24) is 0 Å². The molecule has 1 nitrogen and oxygen atoms in total. The molecule has 1 unspecified atom stereocenters. The Morgan fingerprint density at radius 3 is 2.55 bits per heavy atom. The number of hydrogen-bond acceptors (Lipinski definition) is 1. The predicted molar refractivity (Wildman–Crippen MR) is 50.1 cm³/mol. The van der Waals surface area contributed by atoms with Crippen molar-refractivity contribution in [1.29, 1.82) is 0 Å². The molecule has 11 heavy (non-hydrogen) atoms. The van der Waals surface area contributed by atoms with E-state index in [1.54, 1.807) is 0 Å². The zero-order chi connectivity index (χ0) is 8.32. The highest BCUT2D eigenvalue weighted by atomic mass is 28.3. The van der Waals surface area contributed by atoms with Gasteiger partial charge in [0.05, 0.1) is 12.7 Å². The first kappa shape index (κ1) is 8.83. The monoisotopic (exact) mass is 168 g/mol. The van der Waals surface area contributed by atoms with Crippen molar-refractivity contribution < 1.29 is 4.74 Å². The SMILES string of the molecule is C[Si](C)(C)C#CCCC1CO1. The summed E-state index contributed by atoms with van der Waals surface area (Å²) >= 11 is 0. The molecule has 0 aromatic rings. The molecular formula is C9H16OSi. The molecule has 1 atom stereocenters. The standard InChI is InChI=1S/C9H16OSi/c1-11(2,3)7-5-4-6-9-8-10-9/h9H,4,6,8H2,1-3H3. The third kappa shape index (κ3) is 5.06. The number of epoxide rings is 1. The normalized spacial score (nSPS) is 22.3. The van der Waals surface area contributed by atoms with Crippen molar-refractivity contribution in [3.63, 3.8) is 0 Å². The summed E-state index contributed by atoms with van der Waals surface area (Å²) in [6.07, 6.45) is 2.71. The van der Waals surface area contributed by atoms with E-state index < -0.39 is 8.07 Å². The maximum atomic E-state index is 5.08. The number of ether oxygens (including phenoxy) is 1. The minimum Gasteiger partial charge on any atom is -0.373 e. The molecule has 1 rings (SSSR count). The lowest BCUT2D eigenvalue weighted by Crippen LogP contribution is -2.16. The Bertz CT molecular complexity index is 178.